The van der Waals surface area contributed by atoms with Crippen molar-refractivity contribution in [1.29, 1.82) is 0 Å². The van der Waals surface area contributed by atoms with Crippen molar-refractivity contribution in [2.75, 3.05) is 4.72 Å². The van der Waals surface area contributed by atoms with Gasteiger partial charge in [-0.15, -0.1) is 0 Å². The highest BCUT2D eigenvalue weighted by Gasteiger charge is 2.17. The number of aryl methyl sites for hydroxylation is 1. The lowest BCUT2D eigenvalue weighted by molar-refractivity contribution is 0.601. The molecule has 1 N–H and O–H groups in total. The lowest BCUT2D eigenvalue weighted by Crippen LogP contribution is -2.14. The summed E-state index contributed by atoms with van der Waals surface area (Å²) < 4.78 is 28.5. The summed E-state index contributed by atoms with van der Waals surface area (Å²) in [4.78, 5) is 0.269. The first-order valence-electron chi connectivity index (χ1n) is 6.68. The van der Waals surface area contributed by atoms with Crippen LogP contribution in [0.3, 0.4) is 0 Å². The molecule has 0 amide bonds. The number of anilines is 1. The highest BCUT2D eigenvalue weighted by molar-refractivity contribution is 9.10. The Morgan fingerprint density at radius 1 is 1.05 bits per heavy atom. The molecule has 0 aliphatic rings. The smallest absolute Gasteiger partial charge is 0.261 e. The Morgan fingerprint density at radius 2 is 1.67 bits per heavy atom. The van der Waals surface area contributed by atoms with E-state index in [0.29, 0.717) is 5.69 Å². The zero-order valence-corrected chi connectivity index (χ0v) is 14.6. The number of sulfonamides is 1. The Labute approximate surface area is 134 Å². The van der Waals surface area contributed by atoms with E-state index in [1.54, 1.807) is 30.3 Å². The molecule has 0 saturated carbocycles. The quantitative estimate of drug-likeness (QED) is 0.852. The highest BCUT2D eigenvalue weighted by Crippen LogP contribution is 2.29. The van der Waals surface area contributed by atoms with Crippen LogP contribution in [0, 0.1) is 6.92 Å². The number of benzene rings is 2. The van der Waals surface area contributed by atoms with Gasteiger partial charge in [-0.05, 0) is 48.7 Å². The predicted octanol–water partition coefficient (Wildman–Crippen LogP) is 4.68. The minimum atomic E-state index is -3.56. The first kappa shape index (κ1) is 16.0. The first-order valence-corrected chi connectivity index (χ1v) is 8.96. The van der Waals surface area contributed by atoms with Crippen LogP contribution in [0.2, 0.25) is 0 Å². The van der Waals surface area contributed by atoms with Gasteiger partial charge in [0, 0.05) is 4.47 Å². The van der Waals surface area contributed by atoms with E-state index in [1.165, 1.54) is 0 Å². The van der Waals surface area contributed by atoms with Gasteiger partial charge in [0.15, 0.2) is 0 Å². The van der Waals surface area contributed by atoms with E-state index in [2.05, 4.69) is 20.7 Å². The van der Waals surface area contributed by atoms with Crippen LogP contribution in [0.15, 0.2) is 51.8 Å². The topological polar surface area (TPSA) is 46.2 Å². The first-order chi connectivity index (χ1) is 9.79. The maximum Gasteiger partial charge on any atom is 0.261 e. The zero-order valence-electron chi connectivity index (χ0n) is 12.2. The van der Waals surface area contributed by atoms with Gasteiger partial charge in [-0.3, -0.25) is 4.72 Å². The van der Waals surface area contributed by atoms with E-state index >= 15 is 0 Å². The fraction of sp³-hybridized carbons (Fsp3) is 0.250. The van der Waals surface area contributed by atoms with E-state index in [0.717, 1.165) is 15.6 Å². The van der Waals surface area contributed by atoms with E-state index in [-0.39, 0.29) is 10.8 Å². The monoisotopic (exact) mass is 367 g/mol. The Morgan fingerprint density at radius 3 is 2.24 bits per heavy atom. The van der Waals surface area contributed by atoms with Crippen LogP contribution in [-0.4, -0.2) is 8.42 Å². The van der Waals surface area contributed by atoms with E-state index in [9.17, 15) is 8.42 Å². The molecule has 0 saturated heterocycles. The average Bonchev–Trinajstić information content (AvgIpc) is 2.41. The molecule has 0 radical (unpaired) electrons. The number of halogens is 1. The van der Waals surface area contributed by atoms with Gasteiger partial charge in [-0.1, -0.05) is 47.5 Å². The maximum atomic E-state index is 12.4. The number of hydrogen-bond donors (Lipinski definition) is 1. The van der Waals surface area contributed by atoms with Crippen molar-refractivity contribution in [1.82, 2.24) is 0 Å². The van der Waals surface area contributed by atoms with Gasteiger partial charge in [0.1, 0.15) is 0 Å². The molecule has 0 fully saturated rings. The van der Waals surface area contributed by atoms with Crippen molar-refractivity contribution in [2.24, 2.45) is 0 Å². The molecule has 0 heterocycles. The summed E-state index contributed by atoms with van der Waals surface area (Å²) in [5, 5.41) is 0. The second-order valence-corrected chi connectivity index (χ2v) is 7.90. The normalized spacial score (nSPS) is 11.7. The number of nitrogens with one attached hydrogen (secondary N) is 1. The fourth-order valence-electron chi connectivity index (χ4n) is 2.03. The molecule has 21 heavy (non-hydrogen) atoms. The molecule has 112 valence electrons. The van der Waals surface area contributed by atoms with Gasteiger partial charge in [-0.25, -0.2) is 8.42 Å². The molecule has 2 rings (SSSR count). The molecule has 0 spiro atoms. The van der Waals surface area contributed by atoms with Crippen molar-refractivity contribution in [3.63, 3.8) is 0 Å². The molecule has 0 aliphatic carbocycles. The van der Waals surface area contributed by atoms with Crippen molar-refractivity contribution < 1.29 is 8.42 Å². The Hall–Kier alpha value is -1.33. The second-order valence-electron chi connectivity index (χ2n) is 5.30. The third-order valence-electron chi connectivity index (χ3n) is 3.21. The van der Waals surface area contributed by atoms with Crippen LogP contribution in [0.25, 0.3) is 0 Å². The van der Waals surface area contributed by atoms with Gasteiger partial charge in [0.25, 0.3) is 10.0 Å². The molecule has 2 aromatic carbocycles. The van der Waals surface area contributed by atoms with Crippen LogP contribution in [0.1, 0.15) is 30.9 Å². The SMILES string of the molecule is Cc1ccc(S(=O)(=O)Nc2ccc(Br)cc2C(C)C)cc1. The molecular weight excluding hydrogens is 350 g/mol. The van der Waals surface area contributed by atoms with Crippen LogP contribution in [-0.2, 0) is 10.0 Å². The summed E-state index contributed by atoms with van der Waals surface area (Å²) in [5.41, 5.74) is 2.61. The van der Waals surface area contributed by atoms with E-state index < -0.39 is 10.0 Å². The molecule has 5 heteroatoms. The Balaban J connectivity index is 2.39. The van der Waals surface area contributed by atoms with E-state index in [1.807, 2.05) is 32.9 Å². The summed E-state index contributed by atoms with van der Waals surface area (Å²) in [6.45, 7) is 5.99. The molecule has 0 unspecified atom stereocenters. The molecule has 0 aromatic heterocycles. The summed E-state index contributed by atoms with van der Waals surface area (Å²) in [7, 11) is -3.56. The third kappa shape index (κ3) is 3.86. The lowest BCUT2D eigenvalue weighted by Gasteiger charge is -2.15. The fourth-order valence-corrected chi connectivity index (χ4v) is 3.49. The summed E-state index contributed by atoms with van der Waals surface area (Å²) in [5.74, 6) is 0.221. The van der Waals surface area contributed by atoms with Crippen LogP contribution < -0.4 is 4.72 Å². The summed E-state index contributed by atoms with van der Waals surface area (Å²) >= 11 is 3.42. The molecule has 0 atom stereocenters. The number of hydrogen-bond acceptors (Lipinski definition) is 2. The van der Waals surface area contributed by atoms with Crippen LogP contribution >= 0.6 is 15.9 Å². The van der Waals surface area contributed by atoms with Gasteiger partial charge < -0.3 is 0 Å². The van der Waals surface area contributed by atoms with Gasteiger partial charge >= 0.3 is 0 Å². The standard InChI is InChI=1S/C16H18BrNO2S/c1-11(2)15-10-13(17)6-9-16(15)18-21(19,20)14-7-4-12(3)5-8-14/h4-11,18H,1-3H3. The summed E-state index contributed by atoms with van der Waals surface area (Å²) in [6, 6.07) is 12.4. The van der Waals surface area contributed by atoms with Crippen molar-refractivity contribution in [3.8, 4) is 0 Å². The molecule has 0 aliphatic heterocycles. The van der Waals surface area contributed by atoms with Crippen molar-refractivity contribution in [2.45, 2.75) is 31.6 Å². The highest BCUT2D eigenvalue weighted by atomic mass is 79.9. The van der Waals surface area contributed by atoms with E-state index in [4.69, 9.17) is 0 Å². The van der Waals surface area contributed by atoms with Gasteiger partial charge in [0.05, 0.1) is 10.6 Å². The molecule has 2 aromatic rings. The van der Waals surface area contributed by atoms with Crippen molar-refractivity contribution in [3.05, 3.63) is 58.1 Å². The minimum Gasteiger partial charge on any atom is -0.279 e. The minimum absolute atomic E-state index is 0.221. The van der Waals surface area contributed by atoms with Crippen LogP contribution in [0.4, 0.5) is 5.69 Å². The third-order valence-corrected chi connectivity index (χ3v) is 5.09. The second kappa shape index (κ2) is 6.20. The van der Waals surface area contributed by atoms with Gasteiger partial charge in [-0.2, -0.15) is 0 Å². The lowest BCUT2D eigenvalue weighted by atomic mass is 10.0. The molecular formula is C16H18BrNO2S. The average molecular weight is 368 g/mol. The Kier molecular flexibility index (Phi) is 4.74. The van der Waals surface area contributed by atoms with Crippen LogP contribution in [0.5, 0.6) is 0 Å². The number of rotatable bonds is 4. The zero-order chi connectivity index (χ0) is 15.6. The Bertz CT molecular complexity index is 737. The van der Waals surface area contributed by atoms with Gasteiger partial charge in [0.2, 0.25) is 0 Å². The molecule has 0 bridgehead atoms. The maximum absolute atomic E-state index is 12.4. The largest absolute Gasteiger partial charge is 0.279 e. The predicted molar refractivity (Wildman–Crippen MR) is 90.2 cm³/mol. The molecule has 3 nitrogen and oxygen atoms in total. The summed E-state index contributed by atoms with van der Waals surface area (Å²) in [6.07, 6.45) is 0. The van der Waals surface area contributed by atoms with Crippen molar-refractivity contribution >= 4 is 31.6 Å².